The van der Waals surface area contributed by atoms with Gasteiger partial charge in [-0.05, 0) is 30.9 Å². The van der Waals surface area contributed by atoms with Crippen LogP contribution >= 0.6 is 0 Å². The number of aromatic amines is 1. The fourth-order valence-electron chi connectivity index (χ4n) is 2.33. The first-order chi connectivity index (χ1) is 9.22. The Morgan fingerprint density at radius 1 is 1.26 bits per heavy atom. The van der Waals surface area contributed by atoms with E-state index in [0.717, 1.165) is 23.9 Å². The number of hydrogen-bond donors (Lipinski definition) is 3. The SMILES string of the molecule is CCCCC[C@@H](O)CCc1ccc2[nH]cnc2c1O. The Morgan fingerprint density at radius 3 is 2.89 bits per heavy atom. The van der Waals surface area contributed by atoms with Gasteiger partial charge in [0.2, 0.25) is 0 Å². The summed E-state index contributed by atoms with van der Waals surface area (Å²) < 4.78 is 0. The van der Waals surface area contributed by atoms with Crippen LogP contribution in [0.4, 0.5) is 0 Å². The number of nitrogens with one attached hydrogen (secondary N) is 1. The zero-order valence-electron chi connectivity index (χ0n) is 11.4. The first-order valence-electron chi connectivity index (χ1n) is 7.04. The van der Waals surface area contributed by atoms with Crippen molar-refractivity contribution >= 4 is 11.0 Å². The van der Waals surface area contributed by atoms with Gasteiger partial charge in [-0.25, -0.2) is 4.98 Å². The van der Waals surface area contributed by atoms with Gasteiger partial charge >= 0.3 is 0 Å². The molecule has 1 aromatic heterocycles. The van der Waals surface area contributed by atoms with Crippen molar-refractivity contribution in [3.63, 3.8) is 0 Å². The van der Waals surface area contributed by atoms with Gasteiger partial charge in [0.15, 0.2) is 0 Å². The van der Waals surface area contributed by atoms with Crippen LogP contribution in [0.25, 0.3) is 11.0 Å². The van der Waals surface area contributed by atoms with Gasteiger partial charge in [-0.1, -0.05) is 32.3 Å². The minimum absolute atomic E-state index is 0.236. The number of hydrogen-bond acceptors (Lipinski definition) is 3. The predicted octanol–water partition coefficient (Wildman–Crippen LogP) is 3.14. The number of aliphatic hydroxyl groups excluding tert-OH is 1. The molecule has 1 aromatic carbocycles. The summed E-state index contributed by atoms with van der Waals surface area (Å²) in [6.07, 6.45) is 6.93. The fourth-order valence-corrected chi connectivity index (χ4v) is 2.33. The lowest BCUT2D eigenvalue weighted by Crippen LogP contribution is -2.07. The molecular formula is C15H22N2O2. The average molecular weight is 262 g/mol. The fraction of sp³-hybridized carbons (Fsp3) is 0.533. The minimum Gasteiger partial charge on any atom is -0.505 e. The maximum atomic E-state index is 10.1. The van der Waals surface area contributed by atoms with Crippen molar-refractivity contribution in [2.45, 2.75) is 51.6 Å². The number of aromatic hydroxyl groups is 1. The van der Waals surface area contributed by atoms with Crippen molar-refractivity contribution in [2.24, 2.45) is 0 Å². The summed E-state index contributed by atoms with van der Waals surface area (Å²) in [5, 5.41) is 20.0. The van der Waals surface area contributed by atoms with Crippen LogP contribution in [0.3, 0.4) is 0 Å². The number of unbranched alkanes of at least 4 members (excludes halogenated alkanes) is 2. The Bertz CT molecular complexity index is 522. The number of fused-ring (bicyclic) bond motifs is 1. The molecule has 0 saturated heterocycles. The zero-order chi connectivity index (χ0) is 13.7. The van der Waals surface area contributed by atoms with Crippen molar-refractivity contribution < 1.29 is 10.2 Å². The van der Waals surface area contributed by atoms with E-state index < -0.39 is 0 Å². The van der Waals surface area contributed by atoms with E-state index in [1.165, 1.54) is 12.8 Å². The molecule has 0 fully saturated rings. The zero-order valence-corrected chi connectivity index (χ0v) is 11.4. The lowest BCUT2D eigenvalue weighted by molar-refractivity contribution is 0.151. The van der Waals surface area contributed by atoms with Crippen molar-refractivity contribution in [1.82, 2.24) is 9.97 Å². The van der Waals surface area contributed by atoms with E-state index in [2.05, 4.69) is 16.9 Å². The Hall–Kier alpha value is -1.55. The topological polar surface area (TPSA) is 69.1 Å². The molecule has 0 saturated carbocycles. The quantitative estimate of drug-likeness (QED) is 0.671. The van der Waals surface area contributed by atoms with E-state index in [0.29, 0.717) is 18.4 Å². The highest BCUT2D eigenvalue weighted by molar-refractivity contribution is 5.82. The van der Waals surface area contributed by atoms with E-state index in [-0.39, 0.29) is 11.9 Å². The second-order valence-electron chi connectivity index (χ2n) is 5.06. The van der Waals surface area contributed by atoms with Crippen molar-refractivity contribution in [3.05, 3.63) is 24.0 Å². The van der Waals surface area contributed by atoms with E-state index >= 15 is 0 Å². The van der Waals surface area contributed by atoms with Gasteiger partial charge in [0.25, 0.3) is 0 Å². The Labute approximate surface area is 113 Å². The van der Waals surface area contributed by atoms with E-state index in [9.17, 15) is 10.2 Å². The molecule has 4 heteroatoms. The molecule has 0 unspecified atom stereocenters. The molecule has 2 rings (SSSR count). The van der Waals surface area contributed by atoms with Gasteiger partial charge in [-0.2, -0.15) is 0 Å². The maximum absolute atomic E-state index is 10.1. The van der Waals surface area contributed by atoms with Gasteiger partial charge in [0.1, 0.15) is 11.3 Å². The first-order valence-corrected chi connectivity index (χ1v) is 7.04. The molecule has 19 heavy (non-hydrogen) atoms. The molecule has 0 aliphatic carbocycles. The Kier molecular flexibility index (Phi) is 4.80. The van der Waals surface area contributed by atoms with Crippen LogP contribution < -0.4 is 0 Å². The molecule has 0 bridgehead atoms. The third-order valence-electron chi connectivity index (χ3n) is 3.54. The first kappa shape index (κ1) is 13.9. The van der Waals surface area contributed by atoms with Gasteiger partial charge in [0.05, 0.1) is 17.9 Å². The standard InChI is InChI=1S/C15H22N2O2/c1-2-3-4-5-12(18)8-6-11-7-9-13-14(15(11)19)17-10-16-13/h7,9-10,12,18-19H,2-6,8H2,1H3,(H,16,17)/t12-/m1/s1. The number of H-pyrrole nitrogens is 1. The number of phenols is 1. The molecule has 0 radical (unpaired) electrons. The summed E-state index contributed by atoms with van der Waals surface area (Å²) in [6.45, 7) is 2.16. The summed E-state index contributed by atoms with van der Waals surface area (Å²) >= 11 is 0. The summed E-state index contributed by atoms with van der Waals surface area (Å²) in [6, 6.07) is 3.81. The number of aryl methyl sites for hydroxylation is 1. The molecule has 4 nitrogen and oxygen atoms in total. The number of aliphatic hydroxyl groups is 1. The lowest BCUT2D eigenvalue weighted by atomic mass is 10.0. The van der Waals surface area contributed by atoms with Gasteiger partial charge < -0.3 is 15.2 Å². The van der Waals surface area contributed by atoms with Gasteiger partial charge in [-0.15, -0.1) is 0 Å². The largest absolute Gasteiger partial charge is 0.505 e. The van der Waals surface area contributed by atoms with Crippen molar-refractivity contribution in [1.29, 1.82) is 0 Å². The van der Waals surface area contributed by atoms with Crippen LogP contribution in [-0.4, -0.2) is 26.3 Å². The number of benzene rings is 1. The molecule has 1 heterocycles. The summed E-state index contributed by atoms with van der Waals surface area (Å²) in [4.78, 5) is 7.06. The number of rotatable bonds is 7. The number of aromatic nitrogens is 2. The molecule has 0 aliphatic rings. The van der Waals surface area contributed by atoms with Crippen LogP contribution in [0.15, 0.2) is 18.5 Å². The highest BCUT2D eigenvalue weighted by Crippen LogP contribution is 2.27. The molecule has 0 spiro atoms. The third-order valence-corrected chi connectivity index (χ3v) is 3.54. The van der Waals surface area contributed by atoms with Crippen LogP contribution in [-0.2, 0) is 6.42 Å². The number of imidazole rings is 1. The van der Waals surface area contributed by atoms with Gasteiger partial charge in [0, 0.05) is 0 Å². The van der Waals surface area contributed by atoms with E-state index in [1.54, 1.807) is 6.33 Å². The summed E-state index contributed by atoms with van der Waals surface area (Å²) in [7, 11) is 0. The van der Waals surface area contributed by atoms with E-state index in [1.807, 2.05) is 12.1 Å². The summed E-state index contributed by atoms with van der Waals surface area (Å²) in [5.74, 6) is 0.236. The van der Waals surface area contributed by atoms with Crippen molar-refractivity contribution in [2.75, 3.05) is 0 Å². The van der Waals surface area contributed by atoms with E-state index in [4.69, 9.17) is 0 Å². The molecule has 3 N–H and O–H groups in total. The molecular weight excluding hydrogens is 240 g/mol. The second kappa shape index (κ2) is 6.57. The number of phenolic OH excluding ortho intramolecular Hbond substituents is 1. The van der Waals surface area contributed by atoms with Crippen molar-refractivity contribution in [3.8, 4) is 5.75 Å². The summed E-state index contributed by atoms with van der Waals surface area (Å²) in [5.41, 5.74) is 2.30. The molecule has 1 atom stereocenters. The lowest BCUT2D eigenvalue weighted by Gasteiger charge is -2.11. The van der Waals surface area contributed by atoms with Crippen LogP contribution in [0, 0.1) is 0 Å². The number of nitrogens with zero attached hydrogens (tertiary/aromatic N) is 1. The Balaban J connectivity index is 1.92. The highest BCUT2D eigenvalue weighted by Gasteiger charge is 2.10. The normalized spacial score (nSPS) is 12.9. The van der Waals surface area contributed by atoms with Gasteiger partial charge in [-0.3, -0.25) is 0 Å². The Morgan fingerprint density at radius 2 is 2.11 bits per heavy atom. The second-order valence-corrected chi connectivity index (χ2v) is 5.06. The smallest absolute Gasteiger partial charge is 0.146 e. The average Bonchev–Trinajstić information content (AvgIpc) is 2.87. The van der Waals surface area contributed by atoms with Crippen LogP contribution in [0.5, 0.6) is 5.75 Å². The molecule has 0 aliphatic heterocycles. The highest BCUT2D eigenvalue weighted by atomic mass is 16.3. The van der Waals surface area contributed by atoms with Crippen LogP contribution in [0.2, 0.25) is 0 Å². The molecule has 2 aromatic rings. The third kappa shape index (κ3) is 3.47. The predicted molar refractivity (Wildman–Crippen MR) is 76.2 cm³/mol. The maximum Gasteiger partial charge on any atom is 0.146 e. The van der Waals surface area contributed by atoms with Crippen LogP contribution in [0.1, 0.15) is 44.6 Å². The molecule has 104 valence electrons. The minimum atomic E-state index is -0.277. The molecule has 0 amide bonds. The monoisotopic (exact) mass is 262 g/mol.